The number of ether oxygens (including phenoxy) is 1. The highest BCUT2D eigenvalue weighted by Gasteiger charge is 2.12. The maximum atomic E-state index is 11.2. The molecular weight excluding hydrogens is 344 g/mol. The minimum Gasteiger partial charge on any atom is -0.481 e. The molecule has 0 spiro atoms. The second-order valence-corrected chi connectivity index (χ2v) is 5.90. The molecule has 0 aliphatic carbocycles. The third kappa shape index (κ3) is 3.32. The number of rotatable bonds is 5. The molecule has 0 fully saturated rings. The van der Waals surface area contributed by atoms with E-state index in [-0.39, 0.29) is 0 Å². The van der Waals surface area contributed by atoms with Crippen LogP contribution in [-0.4, -0.2) is 37.6 Å². The number of hydrogen-bond acceptors (Lipinski definition) is 6. The summed E-state index contributed by atoms with van der Waals surface area (Å²) in [5.74, 6) is 0.753. The molecule has 27 heavy (non-hydrogen) atoms. The monoisotopic (exact) mass is 360 g/mol. The van der Waals surface area contributed by atoms with Crippen LogP contribution in [0.4, 0.5) is 0 Å². The van der Waals surface area contributed by atoms with Crippen LogP contribution in [0.5, 0.6) is 5.88 Å². The van der Waals surface area contributed by atoms with Crippen LogP contribution < -0.4 is 10.5 Å². The van der Waals surface area contributed by atoms with Crippen LogP contribution in [0.25, 0.3) is 16.9 Å². The van der Waals surface area contributed by atoms with Gasteiger partial charge in [0.05, 0.1) is 7.11 Å². The van der Waals surface area contributed by atoms with Crippen LogP contribution in [0.3, 0.4) is 0 Å². The first kappa shape index (κ1) is 16.6. The molecule has 0 radical (unpaired) electrons. The van der Waals surface area contributed by atoms with Gasteiger partial charge in [0.2, 0.25) is 11.8 Å². The maximum absolute atomic E-state index is 11.2. The standard InChI is InChI=1S/C19H16N6O2/c1-27-16-7-2-12(11-22-16)10-15-23-19-17(21-8-9-25(19)24-15)13-3-5-14(6-4-13)18(20)26/h2-9,11H,10H2,1H3,(H2,20,26). The maximum Gasteiger partial charge on any atom is 0.248 e. The average molecular weight is 360 g/mol. The highest BCUT2D eigenvalue weighted by atomic mass is 16.5. The molecule has 8 heteroatoms. The van der Waals surface area contributed by atoms with Gasteiger partial charge in [0.25, 0.3) is 0 Å². The molecule has 3 heterocycles. The van der Waals surface area contributed by atoms with Crippen LogP contribution in [-0.2, 0) is 6.42 Å². The van der Waals surface area contributed by atoms with Gasteiger partial charge < -0.3 is 10.5 Å². The van der Waals surface area contributed by atoms with E-state index in [1.165, 1.54) is 0 Å². The fraction of sp³-hybridized carbons (Fsp3) is 0.105. The summed E-state index contributed by atoms with van der Waals surface area (Å²) in [6, 6.07) is 10.7. The van der Waals surface area contributed by atoms with E-state index in [2.05, 4.69) is 20.1 Å². The number of primary amides is 1. The van der Waals surface area contributed by atoms with Gasteiger partial charge in [-0.3, -0.25) is 9.78 Å². The quantitative estimate of drug-likeness (QED) is 0.582. The van der Waals surface area contributed by atoms with Crippen molar-refractivity contribution in [2.24, 2.45) is 5.73 Å². The Bertz CT molecular complexity index is 1100. The molecule has 0 saturated heterocycles. The Morgan fingerprint density at radius 3 is 2.63 bits per heavy atom. The predicted octanol–water partition coefficient (Wildman–Crippen LogP) is 1.88. The SMILES string of the molecule is COc1ccc(Cc2nc3c(-c4ccc(C(N)=O)cc4)nccn3n2)cn1. The number of aromatic nitrogens is 5. The lowest BCUT2D eigenvalue weighted by Gasteiger charge is -2.02. The molecular formula is C19H16N6O2. The molecule has 1 amide bonds. The highest BCUT2D eigenvalue weighted by molar-refractivity contribution is 5.93. The van der Waals surface area contributed by atoms with Crippen molar-refractivity contribution >= 4 is 11.6 Å². The average Bonchev–Trinajstić information content (AvgIpc) is 3.11. The first-order valence-corrected chi connectivity index (χ1v) is 8.23. The van der Waals surface area contributed by atoms with Gasteiger partial charge >= 0.3 is 0 Å². The molecule has 0 atom stereocenters. The topological polar surface area (TPSA) is 108 Å². The van der Waals surface area contributed by atoms with Crippen molar-refractivity contribution in [1.29, 1.82) is 0 Å². The van der Waals surface area contributed by atoms with E-state index >= 15 is 0 Å². The molecule has 8 nitrogen and oxygen atoms in total. The Kier molecular flexibility index (Phi) is 4.21. The zero-order valence-electron chi connectivity index (χ0n) is 14.5. The zero-order valence-corrected chi connectivity index (χ0v) is 14.5. The normalized spacial score (nSPS) is 10.9. The first-order chi connectivity index (χ1) is 13.1. The van der Waals surface area contributed by atoms with Crippen molar-refractivity contribution in [1.82, 2.24) is 24.6 Å². The minimum atomic E-state index is -0.467. The van der Waals surface area contributed by atoms with Crippen LogP contribution >= 0.6 is 0 Å². The lowest BCUT2D eigenvalue weighted by Crippen LogP contribution is -2.10. The van der Waals surface area contributed by atoms with Crippen LogP contribution in [0.1, 0.15) is 21.7 Å². The van der Waals surface area contributed by atoms with Crippen molar-refractivity contribution in [3.05, 3.63) is 71.9 Å². The van der Waals surface area contributed by atoms with E-state index in [1.807, 2.05) is 6.07 Å². The molecule has 4 aromatic rings. The number of methoxy groups -OCH3 is 1. The van der Waals surface area contributed by atoms with E-state index < -0.39 is 5.91 Å². The first-order valence-electron chi connectivity index (χ1n) is 8.23. The summed E-state index contributed by atoms with van der Waals surface area (Å²) in [5, 5.41) is 4.51. The zero-order chi connectivity index (χ0) is 18.8. The second kappa shape index (κ2) is 6.83. The third-order valence-corrected chi connectivity index (χ3v) is 4.11. The summed E-state index contributed by atoms with van der Waals surface area (Å²) < 4.78 is 6.76. The van der Waals surface area contributed by atoms with E-state index in [9.17, 15) is 4.79 Å². The second-order valence-electron chi connectivity index (χ2n) is 5.90. The fourth-order valence-electron chi connectivity index (χ4n) is 2.75. The van der Waals surface area contributed by atoms with Crippen molar-refractivity contribution in [2.45, 2.75) is 6.42 Å². The van der Waals surface area contributed by atoms with Gasteiger partial charge in [-0.05, 0) is 17.7 Å². The van der Waals surface area contributed by atoms with Gasteiger partial charge in [0.1, 0.15) is 5.69 Å². The number of nitrogens with two attached hydrogens (primary N) is 1. The van der Waals surface area contributed by atoms with Crippen LogP contribution in [0, 0.1) is 0 Å². The number of hydrogen-bond donors (Lipinski definition) is 1. The van der Waals surface area contributed by atoms with E-state index in [4.69, 9.17) is 10.5 Å². The molecule has 0 aliphatic rings. The van der Waals surface area contributed by atoms with Gasteiger partial charge in [0, 0.05) is 42.2 Å². The van der Waals surface area contributed by atoms with Gasteiger partial charge in [-0.15, -0.1) is 0 Å². The van der Waals surface area contributed by atoms with Crippen molar-refractivity contribution in [3.8, 4) is 17.1 Å². The van der Waals surface area contributed by atoms with Crippen molar-refractivity contribution < 1.29 is 9.53 Å². The lowest BCUT2D eigenvalue weighted by atomic mass is 10.1. The minimum absolute atomic E-state index is 0.444. The number of carbonyl (C=O) groups is 1. The van der Waals surface area contributed by atoms with Crippen molar-refractivity contribution in [2.75, 3.05) is 7.11 Å². The van der Waals surface area contributed by atoms with Crippen molar-refractivity contribution in [3.63, 3.8) is 0 Å². The number of carbonyl (C=O) groups excluding carboxylic acids is 1. The number of nitrogens with zero attached hydrogens (tertiary/aromatic N) is 5. The summed E-state index contributed by atoms with van der Waals surface area (Å²) in [6.07, 6.45) is 5.70. The molecule has 3 aromatic heterocycles. The molecule has 1 aromatic carbocycles. The summed E-state index contributed by atoms with van der Waals surface area (Å²) in [7, 11) is 1.58. The molecule has 0 saturated carbocycles. The fourth-order valence-corrected chi connectivity index (χ4v) is 2.75. The molecule has 2 N–H and O–H groups in total. The lowest BCUT2D eigenvalue weighted by molar-refractivity contribution is 0.100. The summed E-state index contributed by atoms with van der Waals surface area (Å²) in [4.78, 5) is 24.5. The summed E-state index contributed by atoms with van der Waals surface area (Å²) >= 11 is 0. The van der Waals surface area contributed by atoms with Gasteiger partial charge in [-0.2, -0.15) is 5.10 Å². The molecule has 134 valence electrons. The van der Waals surface area contributed by atoms with Gasteiger partial charge in [-0.1, -0.05) is 18.2 Å². The summed E-state index contributed by atoms with van der Waals surface area (Å²) in [6.45, 7) is 0. The highest BCUT2D eigenvalue weighted by Crippen LogP contribution is 2.22. The molecule has 0 bridgehead atoms. The number of fused-ring (bicyclic) bond motifs is 1. The van der Waals surface area contributed by atoms with Crippen LogP contribution in [0.15, 0.2) is 55.0 Å². The smallest absolute Gasteiger partial charge is 0.248 e. The van der Waals surface area contributed by atoms with E-state index in [0.29, 0.717) is 35.0 Å². The summed E-state index contributed by atoms with van der Waals surface area (Å²) in [5.41, 5.74) is 8.87. The molecule has 0 aliphatic heterocycles. The third-order valence-electron chi connectivity index (χ3n) is 4.11. The largest absolute Gasteiger partial charge is 0.481 e. The Balaban J connectivity index is 1.68. The van der Waals surface area contributed by atoms with Crippen LogP contribution in [0.2, 0.25) is 0 Å². The predicted molar refractivity (Wildman–Crippen MR) is 98.3 cm³/mol. The Hall–Kier alpha value is -3.81. The number of amides is 1. The Morgan fingerprint density at radius 1 is 1.15 bits per heavy atom. The van der Waals surface area contributed by atoms with Gasteiger partial charge in [0.15, 0.2) is 11.5 Å². The Morgan fingerprint density at radius 2 is 1.96 bits per heavy atom. The van der Waals surface area contributed by atoms with E-state index in [1.54, 1.807) is 60.5 Å². The van der Waals surface area contributed by atoms with Gasteiger partial charge in [-0.25, -0.2) is 14.5 Å². The Labute approximate surface area is 154 Å². The molecule has 4 rings (SSSR count). The molecule has 0 unspecified atom stereocenters. The van der Waals surface area contributed by atoms with E-state index in [0.717, 1.165) is 11.1 Å². The number of pyridine rings is 1. The number of benzene rings is 1.